The van der Waals surface area contributed by atoms with Gasteiger partial charge in [0.2, 0.25) is 0 Å². The number of nitrogens with one attached hydrogen (secondary N) is 1. The van der Waals surface area contributed by atoms with Gasteiger partial charge in [0.1, 0.15) is 0 Å². The van der Waals surface area contributed by atoms with Gasteiger partial charge in [0.05, 0.1) is 6.20 Å². The summed E-state index contributed by atoms with van der Waals surface area (Å²) in [6.07, 6.45) is 5.77. The first kappa shape index (κ1) is 9.95. The highest BCUT2D eigenvalue weighted by atomic mass is 14.7. The van der Waals surface area contributed by atoms with E-state index in [0.29, 0.717) is 5.92 Å². The van der Waals surface area contributed by atoms with Crippen LogP contribution in [0.4, 0.5) is 0 Å². The predicted molar refractivity (Wildman–Crippen MR) is 73.7 cm³/mol. The highest BCUT2D eigenvalue weighted by Gasteiger charge is 2.25. The summed E-state index contributed by atoms with van der Waals surface area (Å²) in [5.74, 6) is 0.511. The lowest BCUT2D eigenvalue weighted by Crippen LogP contribution is -1.94. The number of aromatic nitrogens is 1. The van der Waals surface area contributed by atoms with Gasteiger partial charge in [-0.25, -0.2) is 0 Å². The Morgan fingerprint density at radius 2 is 1.83 bits per heavy atom. The van der Waals surface area contributed by atoms with Crippen LogP contribution in [0.2, 0.25) is 0 Å². The second-order valence-electron chi connectivity index (χ2n) is 5.00. The molecule has 1 unspecified atom stereocenters. The Morgan fingerprint density at radius 3 is 2.83 bits per heavy atom. The van der Waals surface area contributed by atoms with Crippen LogP contribution in [0.3, 0.4) is 0 Å². The molecule has 1 atom stereocenters. The van der Waals surface area contributed by atoms with Gasteiger partial charge in [-0.05, 0) is 35.6 Å². The number of fused-ring (bicyclic) bond motifs is 2. The van der Waals surface area contributed by atoms with Gasteiger partial charge in [-0.15, -0.1) is 0 Å². The van der Waals surface area contributed by atoms with Crippen LogP contribution in [0, 0.1) is 6.20 Å². The van der Waals surface area contributed by atoms with E-state index in [1.54, 1.807) is 0 Å². The van der Waals surface area contributed by atoms with E-state index >= 15 is 0 Å². The van der Waals surface area contributed by atoms with Crippen molar-refractivity contribution >= 4 is 10.9 Å². The first-order valence-electron chi connectivity index (χ1n) is 6.49. The van der Waals surface area contributed by atoms with Crippen molar-refractivity contribution in [2.24, 2.45) is 0 Å². The Bertz CT molecular complexity index is 708. The number of hydrogen-bond donors (Lipinski definition) is 1. The fraction of sp³-hybridized carbons (Fsp3) is 0.176. The summed E-state index contributed by atoms with van der Waals surface area (Å²) in [5, 5.41) is 1.32. The Balaban J connectivity index is 1.90. The zero-order valence-electron chi connectivity index (χ0n) is 10.1. The minimum absolute atomic E-state index is 0.511. The minimum Gasteiger partial charge on any atom is -0.353 e. The summed E-state index contributed by atoms with van der Waals surface area (Å²) >= 11 is 0. The fourth-order valence-corrected chi connectivity index (χ4v) is 3.16. The predicted octanol–water partition coefficient (Wildman–Crippen LogP) is 4.05. The molecule has 3 aromatic rings. The lowest BCUT2D eigenvalue weighted by atomic mass is 9.93. The van der Waals surface area contributed by atoms with E-state index in [1.807, 2.05) is 0 Å². The van der Waals surface area contributed by atoms with Crippen LogP contribution in [0.5, 0.6) is 0 Å². The molecule has 0 amide bonds. The Morgan fingerprint density at radius 1 is 1.00 bits per heavy atom. The molecule has 1 aliphatic rings. The van der Waals surface area contributed by atoms with Gasteiger partial charge in [-0.3, -0.25) is 0 Å². The second-order valence-corrected chi connectivity index (χ2v) is 5.00. The summed E-state index contributed by atoms with van der Waals surface area (Å²) in [5.41, 5.74) is 5.51. The molecule has 87 valence electrons. The molecule has 1 radical (unpaired) electrons. The molecule has 0 saturated carbocycles. The van der Waals surface area contributed by atoms with Gasteiger partial charge in [0.25, 0.3) is 0 Å². The van der Waals surface area contributed by atoms with Crippen molar-refractivity contribution in [2.75, 3.05) is 0 Å². The summed E-state index contributed by atoms with van der Waals surface area (Å²) in [6.45, 7) is 0. The van der Waals surface area contributed by atoms with Crippen molar-refractivity contribution in [1.29, 1.82) is 0 Å². The Hall–Kier alpha value is -2.02. The Labute approximate surface area is 106 Å². The van der Waals surface area contributed by atoms with E-state index in [9.17, 15) is 0 Å². The highest BCUT2D eigenvalue weighted by Crippen LogP contribution is 2.40. The van der Waals surface area contributed by atoms with Crippen LogP contribution in [-0.2, 0) is 6.42 Å². The zero-order chi connectivity index (χ0) is 11.9. The maximum Gasteiger partial charge on any atom is 0.0672 e. The Kier molecular flexibility index (Phi) is 2.07. The highest BCUT2D eigenvalue weighted by molar-refractivity contribution is 5.84. The molecule has 1 heteroatoms. The van der Waals surface area contributed by atoms with E-state index in [4.69, 9.17) is 0 Å². The molecule has 0 saturated heterocycles. The lowest BCUT2D eigenvalue weighted by Gasteiger charge is -2.10. The number of para-hydroxylation sites is 1. The minimum atomic E-state index is 0.511. The molecule has 0 spiro atoms. The first-order valence-corrected chi connectivity index (χ1v) is 6.49. The molecule has 2 aromatic carbocycles. The van der Waals surface area contributed by atoms with Crippen molar-refractivity contribution in [3.8, 4) is 0 Å². The number of aryl methyl sites for hydroxylation is 1. The van der Waals surface area contributed by atoms with Crippen molar-refractivity contribution in [3.63, 3.8) is 0 Å². The molecule has 1 heterocycles. The summed E-state index contributed by atoms with van der Waals surface area (Å²) in [6, 6.07) is 17.3. The first-order chi connectivity index (χ1) is 8.93. The van der Waals surface area contributed by atoms with E-state index in [2.05, 4.69) is 59.7 Å². The molecule has 0 fully saturated rings. The molecule has 0 aliphatic heterocycles. The SMILES string of the molecule is [c]1[nH]c2ccccc2c1C1CCc2ccccc21. The standard InChI is InChI=1S/C17H14N/c1-2-6-13-12(5-1)9-10-14(13)16-11-18-17-8-4-3-7-15(16)17/h1-8,14,18H,9-10H2. The lowest BCUT2D eigenvalue weighted by molar-refractivity contribution is 0.792. The topological polar surface area (TPSA) is 15.8 Å². The maximum atomic E-state index is 3.37. The third kappa shape index (κ3) is 1.34. The monoisotopic (exact) mass is 232 g/mol. The van der Waals surface area contributed by atoms with Crippen LogP contribution in [0.15, 0.2) is 48.5 Å². The zero-order valence-corrected chi connectivity index (χ0v) is 10.1. The number of aromatic amines is 1. The molecule has 18 heavy (non-hydrogen) atoms. The molecule has 1 nitrogen and oxygen atoms in total. The molecule has 1 N–H and O–H groups in total. The van der Waals surface area contributed by atoms with Crippen molar-refractivity contribution < 1.29 is 0 Å². The van der Waals surface area contributed by atoms with Crippen LogP contribution >= 0.6 is 0 Å². The van der Waals surface area contributed by atoms with Gasteiger partial charge in [-0.1, -0.05) is 42.5 Å². The smallest absolute Gasteiger partial charge is 0.0672 e. The molecule has 0 bridgehead atoms. The van der Waals surface area contributed by atoms with Crippen molar-refractivity contribution in [2.45, 2.75) is 18.8 Å². The number of benzene rings is 2. The summed E-state index contributed by atoms with van der Waals surface area (Å²) < 4.78 is 0. The molecule has 4 rings (SSSR count). The third-order valence-corrected chi connectivity index (χ3v) is 4.03. The molecule has 1 aromatic heterocycles. The van der Waals surface area contributed by atoms with Crippen LogP contribution < -0.4 is 0 Å². The van der Waals surface area contributed by atoms with Crippen LogP contribution in [0.1, 0.15) is 29.0 Å². The van der Waals surface area contributed by atoms with Gasteiger partial charge in [0, 0.05) is 16.8 Å². The van der Waals surface area contributed by atoms with Crippen molar-refractivity contribution in [1.82, 2.24) is 4.98 Å². The maximum absolute atomic E-state index is 3.37. The third-order valence-electron chi connectivity index (χ3n) is 4.03. The van der Waals surface area contributed by atoms with Gasteiger partial charge >= 0.3 is 0 Å². The molecular weight excluding hydrogens is 218 g/mol. The van der Waals surface area contributed by atoms with Gasteiger partial charge in [-0.2, -0.15) is 0 Å². The average molecular weight is 232 g/mol. The van der Waals surface area contributed by atoms with Gasteiger partial charge in [0.15, 0.2) is 0 Å². The molecule has 1 aliphatic carbocycles. The summed E-state index contributed by atoms with van der Waals surface area (Å²) in [7, 11) is 0. The molecular formula is C17H14N. The quantitative estimate of drug-likeness (QED) is 0.651. The van der Waals surface area contributed by atoms with E-state index in [-0.39, 0.29) is 0 Å². The van der Waals surface area contributed by atoms with Crippen molar-refractivity contribution in [3.05, 3.63) is 71.4 Å². The van der Waals surface area contributed by atoms with Crippen LogP contribution in [-0.4, -0.2) is 4.98 Å². The van der Waals surface area contributed by atoms with E-state index in [0.717, 1.165) is 0 Å². The summed E-state index contributed by atoms with van der Waals surface area (Å²) in [4.78, 5) is 3.27. The van der Waals surface area contributed by atoms with E-state index < -0.39 is 0 Å². The largest absolute Gasteiger partial charge is 0.353 e. The van der Waals surface area contributed by atoms with Gasteiger partial charge < -0.3 is 4.98 Å². The fourth-order valence-electron chi connectivity index (χ4n) is 3.16. The number of rotatable bonds is 1. The average Bonchev–Trinajstić information content (AvgIpc) is 3.01. The number of hydrogen-bond acceptors (Lipinski definition) is 0. The number of H-pyrrole nitrogens is 1. The van der Waals surface area contributed by atoms with Crippen LogP contribution in [0.25, 0.3) is 10.9 Å². The normalized spacial score (nSPS) is 18.1. The van der Waals surface area contributed by atoms with E-state index in [1.165, 1.54) is 40.4 Å². The second kappa shape index (κ2) is 3.74.